The van der Waals surface area contributed by atoms with Gasteiger partial charge in [0, 0.05) is 18.0 Å². The molecule has 1 aromatic carbocycles. The molecule has 3 N–H and O–H groups in total. The van der Waals surface area contributed by atoms with Crippen LogP contribution in [0.25, 0.3) is 11.4 Å². The van der Waals surface area contributed by atoms with Crippen molar-refractivity contribution in [2.24, 2.45) is 0 Å². The molecule has 0 radical (unpaired) electrons. The van der Waals surface area contributed by atoms with Crippen LogP contribution in [0.1, 0.15) is 11.7 Å². The van der Waals surface area contributed by atoms with E-state index in [1.165, 1.54) is 0 Å². The quantitative estimate of drug-likeness (QED) is 0.722. The zero-order chi connectivity index (χ0) is 11.5. The van der Waals surface area contributed by atoms with E-state index in [9.17, 15) is 9.90 Å². The molecule has 0 bridgehead atoms. The van der Waals surface area contributed by atoms with Crippen molar-refractivity contribution in [3.8, 4) is 11.4 Å². The number of carbonyl (C=O) groups is 1. The van der Waals surface area contributed by atoms with Crippen molar-refractivity contribution < 1.29 is 15.0 Å². The summed E-state index contributed by atoms with van der Waals surface area (Å²) in [5.41, 5.74) is 1.19. The molecule has 0 fully saturated rings. The summed E-state index contributed by atoms with van der Waals surface area (Å²) in [6.07, 6.45) is 1.86. The molecular weight excluding hydrogens is 208 g/mol. The molecule has 16 heavy (non-hydrogen) atoms. The number of aliphatic hydroxyl groups is 1. The van der Waals surface area contributed by atoms with Gasteiger partial charge in [-0.1, -0.05) is 24.3 Å². The van der Waals surface area contributed by atoms with Gasteiger partial charge in [0.15, 0.2) is 6.10 Å². The van der Waals surface area contributed by atoms with Crippen molar-refractivity contribution in [2.75, 3.05) is 0 Å². The van der Waals surface area contributed by atoms with Crippen LogP contribution in [0.15, 0.2) is 36.7 Å². The second-order valence-electron chi connectivity index (χ2n) is 3.30. The van der Waals surface area contributed by atoms with E-state index in [0.29, 0.717) is 11.4 Å². The molecule has 2 aromatic rings. The molecule has 0 amide bonds. The molecule has 0 aliphatic rings. The third kappa shape index (κ3) is 1.94. The number of benzene rings is 1. The highest BCUT2D eigenvalue weighted by molar-refractivity contribution is 5.74. The highest BCUT2D eigenvalue weighted by Gasteiger charge is 2.15. The first kappa shape index (κ1) is 10.4. The minimum atomic E-state index is -1.48. The molecule has 2 rings (SSSR count). The van der Waals surface area contributed by atoms with Crippen molar-refractivity contribution in [3.05, 3.63) is 42.2 Å². The Labute approximate surface area is 91.4 Å². The second-order valence-corrected chi connectivity index (χ2v) is 3.30. The number of carboxylic acid groups (broad SMARTS) is 1. The van der Waals surface area contributed by atoms with Crippen molar-refractivity contribution >= 4 is 5.97 Å². The van der Waals surface area contributed by atoms with Crippen LogP contribution in [0, 0.1) is 0 Å². The minimum absolute atomic E-state index is 0.350. The monoisotopic (exact) mass is 218 g/mol. The molecule has 1 atom stereocenters. The Bertz CT molecular complexity index is 476. The van der Waals surface area contributed by atoms with E-state index < -0.39 is 12.1 Å². The first-order valence-electron chi connectivity index (χ1n) is 4.69. The number of carboxylic acids is 1. The molecule has 5 nitrogen and oxygen atoms in total. The van der Waals surface area contributed by atoms with Gasteiger partial charge < -0.3 is 15.2 Å². The summed E-state index contributed by atoms with van der Waals surface area (Å²) < 4.78 is 0. The third-order valence-corrected chi connectivity index (χ3v) is 2.23. The van der Waals surface area contributed by atoms with Gasteiger partial charge in [0.2, 0.25) is 0 Å². The number of aliphatic carboxylic acids is 1. The molecule has 82 valence electrons. The molecule has 0 saturated heterocycles. The van der Waals surface area contributed by atoms with Gasteiger partial charge in [0.1, 0.15) is 5.82 Å². The number of hydrogen-bond donors (Lipinski definition) is 3. The molecule has 1 unspecified atom stereocenters. The highest BCUT2D eigenvalue weighted by atomic mass is 16.4. The Balaban J connectivity index is 2.26. The number of H-pyrrole nitrogens is 1. The fraction of sp³-hybridized carbons (Fsp3) is 0.0909. The van der Waals surface area contributed by atoms with E-state index in [0.717, 1.165) is 5.56 Å². The average molecular weight is 218 g/mol. The second kappa shape index (κ2) is 4.16. The first-order chi connectivity index (χ1) is 7.68. The van der Waals surface area contributed by atoms with Crippen molar-refractivity contribution in [3.63, 3.8) is 0 Å². The number of aliphatic hydroxyl groups excluding tert-OH is 1. The molecule has 0 spiro atoms. The first-order valence-corrected chi connectivity index (χ1v) is 4.69. The number of nitrogens with one attached hydrogen (secondary N) is 1. The average Bonchev–Trinajstić information content (AvgIpc) is 2.81. The number of hydrogen-bond acceptors (Lipinski definition) is 3. The zero-order valence-electron chi connectivity index (χ0n) is 8.29. The summed E-state index contributed by atoms with van der Waals surface area (Å²) in [4.78, 5) is 17.5. The van der Waals surface area contributed by atoms with E-state index >= 15 is 0 Å². The lowest BCUT2D eigenvalue weighted by molar-refractivity contribution is -0.146. The third-order valence-electron chi connectivity index (χ3n) is 2.23. The van der Waals surface area contributed by atoms with E-state index in [2.05, 4.69) is 9.97 Å². The van der Waals surface area contributed by atoms with Crippen LogP contribution in [0.2, 0.25) is 0 Å². The van der Waals surface area contributed by atoms with Crippen molar-refractivity contribution in [1.82, 2.24) is 9.97 Å². The van der Waals surface area contributed by atoms with Crippen LogP contribution >= 0.6 is 0 Å². The van der Waals surface area contributed by atoms with E-state index in [1.54, 1.807) is 36.7 Å². The van der Waals surface area contributed by atoms with E-state index in [-0.39, 0.29) is 0 Å². The normalized spacial score (nSPS) is 12.3. The summed E-state index contributed by atoms with van der Waals surface area (Å²) in [6.45, 7) is 0. The lowest BCUT2D eigenvalue weighted by atomic mass is 10.1. The summed E-state index contributed by atoms with van der Waals surface area (Å²) in [7, 11) is 0. The SMILES string of the molecule is O=C(O)C(O)c1ccc(-c2ncc[nH]2)cc1. The predicted molar refractivity (Wildman–Crippen MR) is 56.6 cm³/mol. The van der Waals surface area contributed by atoms with Crippen LogP contribution in [-0.2, 0) is 4.79 Å². The van der Waals surface area contributed by atoms with Gasteiger partial charge >= 0.3 is 5.97 Å². The fourth-order valence-corrected chi connectivity index (χ4v) is 1.39. The number of imidazole rings is 1. The molecule has 1 heterocycles. The van der Waals surface area contributed by atoms with Crippen LogP contribution in [-0.4, -0.2) is 26.2 Å². The Hall–Kier alpha value is -2.14. The number of aromatic nitrogens is 2. The Kier molecular flexibility index (Phi) is 2.70. The lowest BCUT2D eigenvalue weighted by Gasteiger charge is -2.05. The van der Waals surface area contributed by atoms with Gasteiger partial charge in [0.05, 0.1) is 0 Å². The summed E-state index contributed by atoms with van der Waals surface area (Å²) in [6, 6.07) is 6.55. The van der Waals surface area contributed by atoms with Gasteiger partial charge in [-0.05, 0) is 5.56 Å². The van der Waals surface area contributed by atoms with E-state index in [4.69, 9.17) is 5.11 Å². The molecule has 0 aliphatic heterocycles. The largest absolute Gasteiger partial charge is 0.479 e. The van der Waals surface area contributed by atoms with Crippen molar-refractivity contribution in [1.29, 1.82) is 0 Å². The Morgan fingerprint density at radius 3 is 2.50 bits per heavy atom. The maximum absolute atomic E-state index is 10.5. The number of nitrogens with zero attached hydrogens (tertiary/aromatic N) is 1. The van der Waals surface area contributed by atoms with Crippen LogP contribution < -0.4 is 0 Å². The molecular formula is C11H10N2O3. The highest BCUT2D eigenvalue weighted by Crippen LogP contribution is 2.19. The molecule has 1 aromatic heterocycles. The van der Waals surface area contributed by atoms with Crippen LogP contribution in [0.4, 0.5) is 0 Å². The maximum atomic E-state index is 10.5. The van der Waals surface area contributed by atoms with Gasteiger partial charge in [0.25, 0.3) is 0 Å². The summed E-state index contributed by atoms with van der Waals surface area (Å²) in [5.74, 6) is -0.554. The Morgan fingerprint density at radius 1 is 1.31 bits per heavy atom. The van der Waals surface area contributed by atoms with Crippen molar-refractivity contribution in [2.45, 2.75) is 6.10 Å². The lowest BCUT2D eigenvalue weighted by Crippen LogP contribution is -2.10. The molecule has 0 aliphatic carbocycles. The molecule has 5 heteroatoms. The minimum Gasteiger partial charge on any atom is -0.479 e. The van der Waals surface area contributed by atoms with Gasteiger partial charge in [-0.15, -0.1) is 0 Å². The van der Waals surface area contributed by atoms with Gasteiger partial charge in [-0.25, -0.2) is 9.78 Å². The van der Waals surface area contributed by atoms with Crippen LogP contribution in [0.5, 0.6) is 0 Å². The van der Waals surface area contributed by atoms with Gasteiger partial charge in [-0.2, -0.15) is 0 Å². The molecule has 0 saturated carbocycles. The predicted octanol–water partition coefficient (Wildman–Crippen LogP) is 1.19. The zero-order valence-corrected chi connectivity index (χ0v) is 8.29. The fourth-order valence-electron chi connectivity index (χ4n) is 1.39. The smallest absolute Gasteiger partial charge is 0.337 e. The van der Waals surface area contributed by atoms with Gasteiger partial charge in [-0.3, -0.25) is 0 Å². The van der Waals surface area contributed by atoms with Crippen LogP contribution in [0.3, 0.4) is 0 Å². The van der Waals surface area contributed by atoms with E-state index in [1.807, 2.05) is 0 Å². The maximum Gasteiger partial charge on any atom is 0.337 e. The summed E-state index contributed by atoms with van der Waals surface area (Å²) >= 11 is 0. The standard InChI is InChI=1S/C11H10N2O3/c14-9(11(15)16)7-1-3-8(4-2-7)10-12-5-6-13-10/h1-6,9,14H,(H,12,13)(H,15,16). The number of rotatable bonds is 3. The Morgan fingerprint density at radius 2 is 2.00 bits per heavy atom. The summed E-state index contributed by atoms with van der Waals surface area (Å²) in [5, 5.41) is 17.9. The topological polar surface area (TPSA) is 86.2 Å². The number of aromatic amines is 1.